The summed E-state index contributed by atoms with van der Waals surface area (Å²) < 4.78 is 12.3. The Hall–Kier alpha value is -2.19. The summed E-state index contributed by atoms with van der Waals surface area (Å²) in [6.45, 7) is 4.38. The summed E-state index contributed by atoms with van der Waals surface area (Å²) in [5, 5.41) is -0.123. The van der Waals surface area contributed by atoms with Crippen molar-refractivity contribution in [2.24, 2.45) is 5.41 Å². The molecule has 0 saturated heterocycles. The molecular formula is C25H29O4P. The van der Waals surface area contributed by atoms with E-state index in [1.807, 2.05) is 36.4 Å². The highest BCUT2D eigenvalue weighted by atomic mass is 31.1. The van der Waals surface area contributed by atoms with Gasteiger partial charge in [-0.1, -0.05) is 49.7 Å². The standard InChI is InChI=1S/C25H29O4P/c1-24-14-9-15-25(30-2,17-16-24)21(29-23(27)19-12-7-4-8-13-19)20(24)28-22(26)18-10-5-3-6-11-18/h3-8,10-13,20-21,30H,9,14-17H2,1-2H3. The molecule has 0 amide bonds. The number of rotatable bonds is 5. The lowest BCUT2D eigenvalue weighted by molar-refractivity contribution is -0.112. The van der Waals surface area contributed by atoms with Gasteiger partial charge in [-0.3, -0.25) is 0 Å². The van der Waals surface area contributed by atoms with Crippen LogP contribution in [0.2, 0.25) is 0 Å². The fourth-order valence-corrected chi connectivity index (χ4v) is 6.37. The van der Waals surface area contributed by atoms with Crippen LogP contribution in [0.5, 0.6) is 0 Å². The van der Waals surface area contributed by atoms with Gasteiger partial charge in [-0.15, -0.1) is 8.58 Å². The molecule has 30 heavy (non-hydrogen) atoms. The molecule has 158 valence electrons. The number of carbonyl (C=O) groups excluding carboxylic acids is 2. The van der Waals surface area contributed by atoms with Crippen molar-refractivity contribution >= 4 is 20.5 Å². The van der Waals surface area contributed by atoms with Gasteiger partial charge < -0.3 is 9.47 Å². The fourth-order valence-electron chi connectivity index (χ4n) is 5.08. The predicted molar refractivity (Wildman–Crippen MR) is 119 cm³/mol. The first-order valence-corrected chi connectivity index (χ1v) is 12.2. The quantitative estimate of drug-likeness (QED) is 0.472. The largest absolute Gasteiger partial charge is 0.454 e. The Morgan fingerprint density at radius 2 is 1.33 bits per heavy atom. The van der Waals surface area contributed by atoms with E-state index in [2.05, 4.69) is 13.6 Å². The molecule has 0 N–H and O–H groups in total. The van der Waals surface area contributed by atoms with Crippen LogP contribution in [0, 0.1) is 5.41 Å². The van der Waals surface area contributed by atoms with E-state index in [4.69, 9.17) is 9.47 Å². The van der Waals surface area contributed by atoms with E-state index in [0.717, 1.165) is 32.1 Å². The molecule has 0 spiro atoms. The first-order chi connectivity index (χ1) is 14.5. The fraction of sp³-hybridized carbons (Fsp3) is 0.440. The molecule has 5 heteroatoms. The summed E-state index contributed by atoms with van der Waals surface area (Å²) in [7, 11) is 0.615. The second-order valence-electron chi connectivity index (χ2n) is 8.80. The van der Waals surface area contributed by atoms with Crippen molar-refractivity contribution in [1.82, 2.24) is 0 Å². The van der Waals surface area contributed by atoms with Gasteiger partial charge in [-0.2, -0.15) is 0 Å². The third-order valence-electron chi connectivity index (χ3n) is 7.00. The second-order valence-corrected chi connectivity index (χ2v) is 10.3. The summed E-state index contributed by atoms with van der Waals surface area (Å²) in [4.78, 5) is 26.0. The van der Waals surface area contributed by atoms with Gasteiger partial charge in [0.25, 0.3) is 0 Å². The molecule has 3 saturated carbocycles. The Morgan fingerprint density at radius 3 is 1.87 bits per heavy atom. The first-order valence-electron chi connectivity index (χ1n) is 10.7. The maximum Gasteiger partial charge on any atom is 0.338 e. The molecule has 5 unspecified atom stereocenters. The normalized spacial score (nSPS) is 30.7. The molecule has 5 atom stereocenters. The van der Waals surface area contributed by atoms with E-state index < -0.39 is 12.2 Å². The smallest absolute Gasteiger partial charge is 0.338 e. The van der Waals surface area contributed by atoms with Crippen LogP contribution in [0.3, 0.4) is 0 Å². The Kier molecular flexibility index (Phi) is 5.97. The van der Waals surface area contributed by atoms with Crippen molar-refractivity contribution in [3.63, 3.8) is 0 Å². The van der Waals surface area contributed by atoms with Crippen molar-refractivity contribution in [1.29, 1.82) is 0 Å². The van der Waals surface area contributed by atoms with Crippen molar-refractivity contribution in [2.45, 2.75) is 56.4 Å². The number of hydrogen-bond donors (Lipinski definition) is 0. The highest BCUT2D eigenvalue weighted by Gasteiger charge is 2.59. The average molecular weight is 424 g/mol. The molecule has 0 radical (unpaired) electrons. The van der Waals surface area contributed by atoms with Gasteiger partial charge in [0.2, 0.25) is 0 Å². The van der Waals surface area contributed by atoms with Crippen LogP contribution in [-0.4, -0.2) is 36.0 Å². The van der Waals surface area contributed by atoms with Crippen LogP contribution < -0.4 is 0 Å². The maximum atomic E-state index is 13.0. The van der Waals surface area contributed by atoms with Gasteiger partial charge >= 0.3 is 11.9 Å². The highest BCUT2D eigenvalue weighted by molar-refractivity contribution is 7.39. The maximum absolute atomic E-state index is 13.0. The Labute approximate surface area is 180 Å². The minimum atomic E-state index is -0.443. The minimum absolute atomic E-state index is 0.123. The van der Waals surface area contributed by atoms with Gasteiger partial charge in [0.05, 0.1) is 11.1 Å². The van der Waals surface area contributed by atoms with E-state index in [-0.39, 0.29) is 22.5 Å². The minimum Gasteiger partial charge on any atom is -0.454 e. The zero-order valence-corrected chi connectivity index (χ0v) is 18.6. The van der Waals surface area contributed by atoms with Crippen LogP contribution in [-0.2, 0) is 9.47 Å². The summed E-state index contributed by atoms with van der Waals surface area (Å²) in [5.74, 6) is -0.681. The van der Waals surface area contributed by atoms with Crippen molar-refractivity contribution in [3.8, 4) is 0 Å². The summed E-state index contributed by atoms with van der Waals surface area (Å²) >= 11 is 0. The number of fused-ring (bicyclic) bond motifs is 4. The van der Waals surface area contributed by atoms with E-state index in [1.165, 1.54) is 0 Å². The molecule has 0 heterocycles. The Balaban J connectivity index is 1.68. The molecule has 2 bridgehead atoms. The van der Waals surface area contributed by atoms with Gasteiger partial charge in [0.15, 0.2) is 0 Å². The summed E-state index contributed by atoms with van der Waals surface area (Å²) in [6, 6.07) is 18.2. The van der Waals surface area contributed by atoms with Gasteiger partial charge in [0, 0.05) is 10.6 Å². The first kappa shape index (κ1) is 21.1. The number of carbonyl (C=O) groups is 2. The lowest BCUT2D eigenvalue weighted by Crippen LogP contribution is -2.58. The number of benzene rings is 2. The van der Waals surface area contributed by atoms with Crippen molar-refractivity contribution < 1.29 is 19.1 Å². The molecule has 2 aromatic rings. The van der Waals surface area contributed by atoms with Crippen molar-refractivity contribution in [2.75, 3.05) is 6.66 Å². The molecule has 2 aromatic carbocycles. The summed E-state index contributed by atoms with van der Waals surface area (Å²) in [6.07, 6.45) is 4.17. The van der Waals surface area contributed by atoms with E-state index in [0.29, 0.717) is 19.7 Å². The zero-order valence-electron chi connectivity index (χ0n) is 17.6. The molecule has 4 nitrogen and oxygen atoms in total. The predicted octanol–water partition coefficient (Wildman–Crippen LogP) is 5.47. The van der Waals surface area contributed by atoms with Crippen LogP contribution >= 0.6 is 8.58 Å². The second kappa shape index (κ2) is 8.51. The van der Waals surface area contributed by atoms with Crippen molar-refractivity contribution in [3.05, 3.63) is 71.8 Å². The average Bonchev–Trinajstić information content (AvgIpc) is 3.02. The molecule has 3 fully saturated rings. The SMILES string of the molecule is CPC12CCCC(C)(CC1)C(OC(=O)c1ccccc1)C2OC(=O)c1ccccc1. The van der Waals surface area contributed by atoms with Crippen LogP contribution in [0.25, 0.3) is 0 Å². The van der Waals surface area contributed by atoms with Gasteiger partial charge in [0.1, 0.15) is 12.2 Å². The highest BCUT2D eigenvalue weighted by Crippen LogP contribution is 2.58. The zero-order chi connectivity index (χ0) is 21.2. The molecule has 3 aliphatic carbocycles. The van der Waals surface area contributed by atoms with E-state index >= 15 is 0 Å². The number of esters is 2. The van der Waals surface area contributed by atoms with E-state index in [1.54, 1.807) is 24.3 Å². The molecule has 0 aliphatic heterocycles. The lowest BCUT2D eigenvalue weighted by atomic mass is 9.68. The van der Waals surface area contributed by atoms with Crippen LogP contribution in [0.1, 0.15) is 59.7 Å². The van der Waals surface area contributed by atoms with Gasteiger partial charge in [-0.25, -0.2) is 9.59 Å². The monoisotopic (exact) mass is 424 g/mol. The van der Waals surface area contributed by atoms with Crippen LogP contribution in [0.4, 0.5) is 0 Å². The molecular weight excluding hydrogens is 395 g/mol. The Bertz CT molecular complexity index is 900. The van der Waals surface area contributed by atoms with E-state index in [9.17, 15) is 9.59 Å². The van der Waals surface area contributed by atoms with Crippen LogP contribution in [0.15, 0.2) is 60.7 Å². The lowest BCUT2D eigenvalue weighted by Gasteiger charge is -2.51. The number of hydrogen-bond acceptors (Lipinski definition) is 4. The third kappa shape index (κ3) is 3.90. The summed E-state index contributed by atoms with van der Waals surface area (Å²) in [5.41, 5.74) is 0.874. The molecule has 0 aromatic heterocycles. The molecule has 3 aliphatic rings. The Morgan fingerprint density at radius 1 is 0.800 bits per heavy atom. The molecule has 5 rings (SSSR count). The third-order valence-corrected chi connectivity index (χ3v) is 8.78. The van der Waals surface area contributed by atoms with Gasteiger partial charge in [-0.05, 0) is 56.6 Å². The number of ether oxygens (including phenoxy) is 2. The topological polar surface area (TPSA) is 52.6 Å².